The highest BCUT2D eigenvalue weighted by Gasteiger charge is 2.21. The third-order valence-electron chi connectivity index (χ3n) is 2.43. The van der Waals surface area contributed by atoms with Gasteiger partial charge in [0, 0.05) is 20.2 Å². The van der Waals surface area contributed by atoms with Crippen molar-refractivity contribution in [1.82, 2.24) is 14.5 Å². The lowest BCUT2D eigenvalue weighted by atomic mass is 10.2. The highest BCUT2D eigenvalue weighted by Crippen LogP contribution is 2.14. The molecule has 0 aliphatic heterocycles. The van der Waals surface area contributed by atoms with Crippen LogP contribution in [-0.2, 0) is 11.2 Å². The highest BCUT2D eigenvalue weighted by molar-refractivity contribution is 7.07. The number of methoxy groups -OCH3 is 1. The van der Waals surface area contributed by atoms with Gasteiger partial charge in [0.15, 0.2) is 0 Å². The van der Waals surface area contributed by atoms with Crippen molar-refractivity contribution in [1.29, 1.82) is 5.26 Å². The average molecular weight is 268 g/mol. The first-order valence-corrected chi connectivity index (χ1v) is 6.48. The molecule has 1 amide bonds. The fraction of sp³-hybridized carbons (Fsp3) is 0.636. The van der Waals surface area contributed by atoms with Gasteiger partial charge in [0.1, 0.15) is 4.88 Å². The molecule has 0 saturated heterocycles. The number of aryl methyl sites for hydroxylation is 1. The number of amides is 1. The molecule has 7 heteroatoms. The summed E-state index contributed by atoms with van der Waals surface area (Å²) in [5, 5.41) is 12.5. The van der Waals surface area contributed by atoms with Crippen LogP contribution in [0.2, 0.25) is 0 Å². The zero-order valence-corrected chi connectivity index (χ0v) is 11.4. The molecule has 18 heavy (non-hydrogen) atoms. The first kappa shape index (κ1) is 14.5. The summed E-state index contributed by atoms with van der Waals surface area (Å²) in [7, 11) is 1.58. The lowest BCUT2D eigenvalue weighted by Gasteiger charge is -2.20. The van der Waals surface area contributed by atoms with Crippen molar-refractivity contribution in [3.05, 3.63) is 10.6 Å². The third-order valence-corrected chi connectivity index (χ3v) is 3.19. The summed E-state index contributed by atoms with van der Waals surface area (Å²) in [4.78, 5) is 14.5. The van der Waals surface area contributed by atoms with Crippen LogP contribution in [0.1, 0.15) is 28.7 Å². The Morgan fingerprint density at radius 1 is 1.56 bits per heavy atom. The summed E-state index contributed by atoms with van der Waals surface area (Å²) in [6.07, 6.45) is 0.983. The summed E-state index contributed by atoms with van der Waals surface area (Å²) >= 11 is 1.10. The largest absolute Gasteiger partial charge is 0.383 e. The van der Waals surface area contributed by atoms with E-state index in [0.717, 1.165) is 11.5 Å². The van der Waals surface area contributed by atoms with Crippen LogP contribution in [-0.4, -0.2) is 47.2 Å². The first-order chi connectivity index (χ1) is 8.74. The molecule has 0 N–H and O–H groups in total. The van der Waals surface area contributed by atoms with E-state index in [9.17, 15) is 4.79 Å². The molecule has 0 aliphatic carbocycles. The number of hydrogen-bond donors (Lipinski definition) is 0. The summed E-state index contributed by atoms with van der Waals surface area (Å²) in [5.74, 6) is -0.117. The van der Waals surface area contributed by atoms with E-state index in [1.54, 1.807) is 12.0 Å². The van der Waals surface area contributed by atoms with E-state index in [1.165, 1.54) is 0 Å². The summed E-state index contributed by atoms with van der Waals surface area (Å²) < 4.78 is 8.78. The molecule has 0 atom stereocenters. The molecular weight excluding hydrogens is 252 g/mol. The van der Waals surface area contributed by atoms with Crippen LogP contribution in [0.4, 0.5) is 0 Å². The van der Waals surface area contributed by atoms with Gasteiger partial charge in [0.2, 0.25) is 0 Å². The fourth-order valence-corrected chi connectivity index (χ4v) is 2.17. The molecule has 0 unspecified atom stereocenters. The normalized spacial score (nSPS) is 10.1. The topological polar surface area (TPSA) is 79.1 Å². The van der Waals surface area contributed by atoms with Crippen molar-refractivity contribution in [3.63, 3.8) is 0 Å². The number of carbonyl (C=O) groups is 1. The molecule has 0 bridgehead atoms. The van der Waals surface area contributed by atoms with E-state index in [0.29, 0.717) is 43.1 Å². The van der Waals surface area contributed by atoms with Crippen LogP contribution in [0.25, 0.3) is 0 Å². The maximum atomic E-state index is 12.3. The van der Waals surface area contributed by atoms with Gasteiger partial charge in [-0.3, -0.25) is 4.79 Å². The van der Waals surface area contributed by atoms with Crippen LogP contribution < -0.4 is 0 Å². The Labute approximate surface area is 110 Å². The second-order valence-electron chi connectivity index (χ2n) is 3.60. The molecule has 6 nitrogen and oxygen atoms in total. The number of nitriles is 1. The lowest BCUT2D eigenvalue weighted by molar-refractivity contribution is 0.0703. The Morgan fingerprint density at radius 2 is 2.33 bits per heavy atom. The van der Waals surface area contributed by atoms with Gasteiger partial charge in [-0.15, -0.1) is 5.10 Å². The van der Waals surface area contributed by atoms with E-state index in [1.807, 2.05) is 13.0 Å². The van der Waals surface area contributed by atoms with Crippen LogP contribution in [0, 0.1) is 11.3 Å². The maximum Gasteiger partial charge on any atom is 0.267 e. The van der Waals surface area contributed by atoms with Crippen molar-refractivity contribution in [3.8, 4) is 6.07 Å². The number of hydrogen-bond acceptors (Lipinski definition) is 6. The predicted molar refractivity (Wildman–Crippen MR) is 67.3 cm³/mol. The minimum Gasteiger partial charge on any atom is -0.383 e. The Morgan fingerprint density at radius 3 is 2.94 bits per heavy atom. The van der Waals surface area contributed by atoms with Gasteiger partial charge >= 0.3 is 0 Å². The number of nitrogens with zero attached hydrogens (tertiary/aromatic N) is 4. The van der Waals surface area contributed by atoms with Gasteiger partial charge < -0.3 is 9.64 Å². The van der Waals surface area contributed by atoms with Gasteiger partial charge in [0.25, 0.3) is 5.91 Å². The van der Waals surface area contributed by atoms with Gasteiger partial charge in [-0.2, -0.15) is 5.26 Å². The number of rotatable bonds is 7. The zero-order chi connectivity index (χ0) is 13.4. The maximum absolute atomic E-state index is 12.3. The van der Waals surface area contributed by atoms with Crippen molar-refractivity contribution < 1.29 is 9.53 Å². The van der Waals surface area contributed by atoms with E-state index < -0.39 is 0 Å². The standard InChI is InChI=1S/C11H16N4O2S/c1-3-9-10(18-14-13-9)11(16)15(6-4-5-12)7-8-17-2/h3-4,6-8H2,1-2H3. The van der Waals surface area contributed by atoms with Crippen molar-refractivity contribution in [2.75, 3.05) is 26.8 Å². The van der Waals surface area contributed by atoms with Crippen LogP contribution in [0.5, 0.6) is 0 Å². The van der Waals surface area contributed by atoms with Gasteiger partial charge in [-0.25, -0.2) is 0 Å². The molecule has 1 heterocycles. The summed E-state index contributed by atoms with van der Waals surface area (Å²) in [6.45, 7) is 3.25. The molecule has 0 aromatic carbocycles. The lowest BCUT2D eigenvalue weighted by Crippen LogP contribution is -2.34. The van der Waals surface area contributed by atoms with Gasteiger partial charge in [-0.1, -0.05) is 11.4 Å². The number of aromatic nitrogens is 2. The number of ether oxygens (including phenoxy) is 1. The monoisotopic (exact) mass is 268 g/mol. The summed E-state index contributed by atoms with van der Waals surface area (Å²) in [5.41, 5.74) is 0.712. The molecule has 1 aromatic heterocycles. The van der Waals surface area contributed by atoms with E-state index >= 15 is 0 Å². The van der Waals surface area contributed by atoms with Crippen molar-refractivity contribution >= 4 is 17.4 Å². The van der Waals surface area contributed by atoms with Crippen molar-refractivity contribution in [2.45, 2.75) is 19.8 Å². The molecule has 0 aliphatic rings. The Balaban J connectivity index is 2.77. The Hall–Kier alpha value is -1.52. The quantitative estimate of drug-likeness (QED) is 0.740. The minimum absolute atomic E-state index is 0.117. The van der Waals surface area contributed by atoms with E-state index in [2.05, 4.69) is 9.59 Å². The molecule has 0 fully saturated rings. The van der Waals surface area contributed by atoms with Gasteiger partial charge in [0.05, 0.1) is 24.8 Å². The van der Waals surface area contributed by atoms with Crippen molar-refractivity contribution in [2.24, 2.45) is 0 Å². The molecule has 98 valence electrons. The van der Waals surface area contributed by atoms with E-state index in [4.69, 9.17) is 10.00 Å². The SMILES string of the molecule is CCc1nnsc1C(=O)N(CCC#N)CCOC. The molecule has 0 spiro atoms. The summed E-state index contributed by atoms with van der Waals surface area (Å²) in [6, 6.07) is 2.04. The van der Waals surface area contributed by atoms with Crippen LogP contribution in [0.15, 0.2) is 0 Å². The predicted octanol–water partition coefficient (Wildman–Crippen LogP) is 1.10. The van der Waals surface area contributed by atoms with E-state index in [-0.39, 0.29) is 5.91 Å². The zero-order valence-electron chi connectivity index (χ0n) is 10.5. The second kappa shape index (κ2) is 7.74. The minimum atomic E-state index is -0.117. The van der Waals surface area contributed by atoms with Crippen LogP contribution in [0.3, 0.4) is 0 Å². The Bertz CT molecular complexity index is 427. The average Bonchev–Trinajstić information content (AvgIpc) is 2.86. The Kier molecular flexibility index (Phi) is 6.25. The van der Waals surface area contributed by atoms with Gasteiger partial charge in [-0.05, 0) is 18.0 Å². The fourth-order valence-electron chi connectivity index (χ4n) is 1.45. The molecule has 1 aromatic rings. The van der Waals surface area contributed by atoms with Crippen LogP contribution >= 0.6 is 11.5 Å². The first-order valence-electron chi connectivity index (χ1n) is 5.71. The number of carbonyl (C=O) groups excluding carboxylic acids is 1. The third kappa shape index (κ3) is 3.75. The second-order valence-corrected chi connectivity index (χ2v) is 4.35. The molecule has 0 saturated carbocycles. The smallest absolute Gasteiger partial charge is 0.267 e. The highest BCUT2D eigenvalue weighted by atomic mass is 32.1. The molecule has 0 radical (unpaired) electrons. The molecular formula is C11H16N4O2S. The molecule has 1 rings (SSSR count).